The maximum Gasteiger partial charge on any atom is 0.406 e. The zero-order valence-corrected chi connectivity index (χ0v) is 24.0. The van der Waals surface area contributed by atoms with Crippen LogP contribution < -0.4 is 31.9 Å². The van der Waals surface area contributed by atoms with Crippen LogP contribution in [0.15, 0.2) is 0 Å². The highest BCUT2D eigenvalue weighted by molar-refractivity contribution is 5.68. The number of alkyl carbamates (subject to hydrolysis) is 6. The number of rotatable bonds is 16. The Labute approximate surface area is 236 Å². The summed E-state index contributed by atoms with van der Waals surface area (Å²) in [5.74, 6) is 0. The quantitative estimate of drug-likeness (QED) is 0.119. The van der Waals surface area contributed by atoms with Crippen LogP contribution in [0.4, 0.5) is 28.8 Å². The molecular formula is C22H40N6O13. The summed E-state index contributed by atoms with van der Waals surface area (Å²) in [6.07, 6.45) is -5.00. The zero-order valence-electron chi connectivity index (χ0n) is 24.0. The fraction of sp³-hybridized carbons (Fsp3) is 0.727. The average Bonchev–Trinajstić information content (AvgIpc) is 3.00. The fourth-order valence-electron chi connectivity index (χ4n) is 2.73. The Kier molecular flexibility index (Phi) is 17.5. The van der Waals surface area contributed by atoms with E-state index in [2.05, 4.69) is 31.9 Å². The Hall–Kier alpha value is -4.42. The van der Waals surface area contributed by atoms with Gasteiger partial charge in [0.2, 0.25) is 0 Å². The van der Waals surface area contributed by atoms with Gasteiger partial charge in [0, 0.05) is 42.3 Å². The van der Waals surface area contributed by atoms with E-state index in [0.29, 0.717) is 0 Å². The number of ether oxygens (including phenoxy) is 7. The van der Waals surface area contributed by atoms with Crippen molar-refractivity contribution in [3.8, 4) is 0 Å². The summed E-state index contributed by atoms with van der Waals surface area (Å²) in [5.41, 5.74) is -2.91. The van der Waals surface area contributed by atoms with Crippen molar-refractivity contribution in [1.29, 1.82) is 0 Å². The predicted molar refractivity (Wildman–Crippen MR) is 138 cm³/mol. The van der Waals surface area contributed by atoms with Crippen molar-refractivity contribution in [2.75, 3.05) is 95.1 Å². The standard InChI is InChI=1S/C22H40N6O13/c1-23-15(29)36-9-21(10-37-16(30)24-2,11-38-17(31)25-3)7-35-8-22(12-39-18(32)26-4,13-40-19(33)27-5)14-41-20(34)28-6/h7-14H2,1-6H3,(H,23,29)(H,24,30)(H,25,31)(H,26,32)(H,27,33)(H,28,34). The molecule has 41 heavy (non-hydrogen) atoms. The first-order valence-electron chi connectivity index (χ1n) is 12.1. The van der Waals surface area contributed by atoms with E-state index in [9.17, 15) is 28.8 Å². The van der Waals surface area contributed by atoms with Crippen LogP contribution in [-0.4, -0.2) is 132 Å². The summed E-state index contributed by atoms with van der Waals surface area (Å²) in [5, 5.41) is 13.6. The van der Waals surface area contributed by atoms with Gasteiger partial charge in [-0.25, -0.2) is 28.8 Å². The molecule has 6 amide bonds. The van der Waals surface area contributed by atoms with Crippen molar-refractivity contribution < 1.29 is 61.9 Å². The molecule has 0 fully saturated rings. The molecule has 0 aliphatic heterocycles. The third kappa shape index (κ3) is 15.1. The lowest BCUT2D eigenvalue weighted by Crippen LogP contribution is -2.48. The molecule has 0 saturated carbocycles. The lowest BCUT2D eigenvalue weighted by atomic mass is 9.90. The van der Waals surface area contributed by atoms with Gasteiger partial charge in [0.15, 0.2) is 0 Å². The number of nitrogens with one attached hydrogen (secondary N) is 6. The third-order valence-corrected chi connectivity index (χ3v) is 5.10. The van der Waals surface area contributed by atoms with Crippen LogP contribution in [-0.2, 0) is 33.2 Å². The van der Waals surface area contributed by atoms with E-state index < -0.39 is 87.0 Å². The lowest BCUT2D eigenvalue weighted by molar-refractivity contribution is -0.106. The third-order valence-electron chi connectivity index (χ3n) is 5.10. The van der Waals surface area contributed by atoms with E-state index in [0.717, 1.165) is 0 Å². The van der Waals surface area contributed by atoms with Crippen LogP contribution in [0.1, 0.15) is 0 Å². The molecule has 0 saturated heterocycles. The second-order valence-electron chi connectivity index (χ2n) is 8.45. The molecule has 0 aliphatic rings. The van der Waals surface area contributed by atoms with Gasteiger partial charge in [-0.15, -0.1) is 0 Å². The van der Waals surface area contributed by atoms with Crippen molar-refractivity contribution in [2.45, 2.75) is 0 Å². The topological polar surface area (TPSA) is 239 Å². The molecule has 0 rings (SSSR count). The number of carbonyl (C=O) groups excluding carboxylic acids is 6. The van der Waals surface area contributed by atoms with Gasteiger partial charge in [0.05, 0.1) is 24.0 Å². The summed E-state index contributed by atoms with van der Waals surface area (Å²) < 4.78 is 36.9. The summed E-state index contributed by atoms with van der Waals surface area (Å²) in [6.45, 7) is -3.49. The van der Waals surface area contributed by atoms with Crippen molar-refractivity contribution in [2.24, 2.45) is 10.8 Å². The van der Waals surface area contributed by atoms with E-state index in [1.54, 1.807) is 0 Å². The Morgan fingerprint density at radius 2 is 0.537 bits per heavy atom. The minimum Gasteiger partial charge on any atom is -0.449 e. The van der Waals surface area contributed by atoms with Crippen molar-refractivity contribution >= 4 is 36.6 Å². The Balaban J connectivity index is 6.21. The van der Waals surface area contributed by atoms with Crippen LogP contribution in [0.2, 0.25) is 0 Å². The molecular weight excluding hydrogens is 556 g/mol. The zero-order chi connectivity index (χ0) is 31.3. The van der Waals surface area contributed by atoms with Crippen LogP contribution in [0, 0.1) is 10.8 Å². The van der Waals surface area contributed by atoms with Crippen LogP contribution in [0.5, 0.6) is 0 Å². The highest BCUT2D eigenvalue weighted by atomic mass is 16.6. The first-order valence-corrected chi connectivity index (χ1v) is 12.1. The summed E-state index contributed by atoms with van der Waals surface area (Å²) in [7, 11) is 7.93. The number of carbonyl (C=O) groups is 6. The van der Waals surface area contributed by atoms with Gasteiger partial charge in [-0.3, -0.25) is 0 Å². The van der Waals surface area contributed by atoms with E-state index in [1.807, 2.05) is 0 Å². The number of hydrogen-bond acceptors (Lipinski definition) is 13. The molecule has 0 atom stereocenters. The second-order valence-corrected chi connectivity index (χ2v) is 8.45. The van der Waals surface area contributed by atoms with E-state index in [4.69, 9.17) is 33.2 Å². The monoisotopic (exact) mass is 596 g/mol. The second kappa shape index (κ2) is 19.6. The van der Waals surface area contributed by atoms with Crippen molar-refractivity contribution in [3.63, 3.8) is 0 Å². The van der Waals surface area contributed by atoms with Crippen LogP contribution in [0.3, 0.4) is 0 Å². The number of hydrogen-bond donors (Lipinski definition) is 6. The maximum absolute atomic E-state index is 11.8. The van der Waals surface area contributed by atoms with Crippen LogP contribution >= 0.6 is 0 Å². The molecule has 0 radical (unpaired) electrons. The van der Waals surface area contributed by atoms with Gasteiger partial charge >= 0.3 is 36.6 Å². The van der Waals surface area contributed by atoms with Gasteiger partial charge in [-0.05, 0) is 0 Å². The molecule has 0 unspecified atom stereocenters. The van der Waals surface area contributed by atoms with Crippen molar-refractivity contribution in [3.05, 3.63) is 0 Å². The van der Waals surface area contributed by atoms with Gasteiger partial charge in [-0.2, -0.15) is 0 Å². The Morgan fingerprint density at radius 1 is 0.366 bits per heavy atom. The lowest BCUT2D eigenvalue weighted by Gasteiger charge is -2.35. The average molecular weight is 597 g/mol. The SMILES string of the molecule is CNC(=O)OCC(COCC(COC(=O)NC)(COC(=O)NC)COC(=O)NC)(COC(=O)NC)COC(=O)NC. The normalized spacial score (nSPS) is 10.7. The van der Waals surface area contributed by atoms with Crippen LogP contribution in [0.25, 0.3) is 0 Å². The number of amides is 6. The largest absolute Gasteiger partial charge is 0.449 e. The van der Waals surface area contributed by atoms with E-state index in [1.165, 1.54) is 42.3 Å². The van der Waals surface area contributed by atoms with Gasteiger partial charge < -0.3 is 65.1 Å². The summed E-state index contributed by atoms with van der Waals surface area (Å²) in [6, 6.07) is 0. The Bertz CT molecular complexity index is 704. The molecule has 0 aliphatic carbocycles. The summed E-state index contributed by atoms with van der Waals surface area (Å²) >= 11 is 0. The van der Waals surface area contributed by atoms with Gasteiger partial charge in [0.1, 0.15) is 39.6 Å². The first kappa shape index (κ1) is 36.6. The fourth-order valence-corrected chi connectivity index (χ4v) is 2.73. The Morgan fingerprint density at radius 3 is 0.683 bits per heavy atom. The van der Waals surface area contributed by atoms with Gasteiger partial charge in [-0.1, -0.05) is 0 Å². The van der Waals surface area contributed by atoms with Gasteiger partial charge in [0.25, 0.3) is 0 Å². The minimum atomic E-state index is -1.46. The predicted octanol–water partition coefficient (Wildman–Crippen LogP) is -0.888. The smallest absolute Gasteiger partial charge is 0.406 e. The molecule has 0 aromatic heterocycles. The molecule has 0 bridgehead atoms. The van der Waals surface area contributed by atoms with E-state index in [-0.39, 0.29) is 13.2 Å². The maximum atomic E-state index is 11.8. The molecule has 6 N–H and O–H groups in total. The first-order chi connectivity index (χ1) is 19.4. The molecule has 19 nitrogen and oxygen atoms in total. The molecule has 19 heteroatoms. The molecule has 0 aromatic rings. The molecule has 0 aromatic carbocycles. The van der Waals surface area contributed by atoms with E-state index >= 15 is 0 Å². The highest BCUT2D eigenvalue weighted by Crippen LogP contribution is 2.26. The molecule has 0 spiro atoms. The molecule has 236 valence electrons. The summed E-state index contributed by atoms with van der Waals surface area (Å²) in [4.78, 5) is 71.0. The molecule has 0 heterocycles. The highest BCUT2D eigenvalue weighted by Gasteiger charge is 2.40. The van der Waals surface area contributed by atoms with Crippen molar-refractivity contribution in [1.82, 2.24) is 31.9 Å². The minimum absolute atomic E-state index is 0.389.